The van der Waals surface area contributed by atoms with Crippen LogP contribution in [0.25, 0.3) is 0 Å². The Labute approximate surface area is 157 Å². The molecule has 3 rings (SSSR count). The number of benzene rings is 3. The summed E-state index contributed by atoms with van der Waals surface area (Å²) in [7, 11) is 1.37. The predicted molar refractivity (Wildman–Crippen MR) is 103 cm³/mol. The van der Waals surface area contributed by atoms with Crippen LogP contribution < -0.4 is 10.1 Å². The van der Waals surface area contributed by atoms with Crippen LogP contribution in [0.15, 0.2) is 72.8 Å². The first-order chi connectivity index (χ1) is 12.6. The third kappa shape index (κ3) is 4.77. The summed E-state index contributed by atoms with van der Waals surface area (Å²) in [4.78, 5) is 11.4. The Balaban J connectivity index is 1.55. The van der Waals surface area contributed by atoms with Crippen LogP contribution in [-0.2, 0) is 11.3 Å². The second kappa shape index (κ2) is 8.41. The lowest BCUT2D eigenvalue weighted by atomic mass is 10.1. The lowest BCUT2D eigenvalue weighted by Crippen LogP contribution is -2.03. The summed E-state index contributed by atoms with van der Waals surface area (Å²) >= 11 is 5.87. The molecule has 0 aliphatic rings. The van der Waals surface area contributed by atoms with Crippen LogP contribution in [-0.4, -0.2) is 13.1 Å². The minimum atomic E-state index is -0.333. The third-order valence-electron chi connectivity index (χ3n) is 3.78. The van der Waals surface area contributed by atoms with Gasteiger partial charge in [0.25, 0.3) is 0 Å². The Morgan fingerprint density at radius 3 is 2.04 bits per heavy atom. The Bertz CT molecular complexity index is 859. The monoisotopic (exact) mass is 367 g/mol. The maximum atomic E-state index is 11.4. The standard InChI is InChI=1S/C21H18ClNO3/c1-25-21(24)16-4-2-15(3-5-16)14-23-18-8-12-20(13-9-18)26-19-10-6-17(22)7-11-19/h2-13,23H,14H2,1H3. The minimum absolute atomic E-state index is 0.333. The molecule has 3 aromatic carbocycles. The zero-order valence-corrected chi connectivity index (χ0v) is 15.0. The molecule has 0 saturated heterocycles. The maximum absolute atomic E-state index is 11.4. The molecular formula is C21H18ClNO3. The molecule has 0 unspecified atom stereocenters. The van der Waals surface area contributed by atoms with Crippen molar-refractivity contribution in [3.8, 4) is 11.5 Å². The van der Waals surface area contributed by atoms with Crippen LogP contribution in [0.4, 0.5) is 5.69 Å². The van der Waals surface area contributed by atoms with E-state index in [1.807, 2.05) is 48.5 Å². The molecule has 0 spiro atoms. The van der Waals surface area contributed by atoms with Crippen molar-refractivity contribution in [2.24, 2.45) is 0 Å². The first-order valence-corrected chi connectivity index (χ1v) is 8.46. The van der Waals surface area contributed by atoms with E-state index in [0.717, 1.165) is 22.7 Å². The van der Waals surface area contributed by atoms with Gasteiger partial charge in [-0.15, -0.1) is 0 Å². The Morgan fingerprint density at radius 1 is 0.885 bits per heavy atom. The van der Waals surface area contributed by atoms with Gasteiger partial charge in [0.1, 0.15) is 11.5 Å². The van der Waals surface area contributed by atoms with Crippen LogP contribution in [0.5, 0.6) is 11.5 Å². The number of hydrogen-bond acceptors (Lipinski definition) is 4. The summed E-state index contributed by atoms with van der Waals surface area (Å²) in [5.41, 5.74) is 2.59. The van der Waals surface area contributed by atoms with Crippen molar-refractivity contribution in [1.82, 2.24) is 0 Å². The van der Waals surface area contributed by atoms with Crippen LogP contribution in [0.3, 0.4) is 0 Å². The number of ether oxygens (including phenoxy) is 2. The van der Waals surface area contributed by atoms with Gasteiger partial charge in [-0.25, -0.2) is 4.79 Å². The molecule has 0 saturated carbocycles. The zero-order chi connectivity index (χ0) is 18.4. The Kier molecular flexibility index (Phi) is 5.77. The lowest BCUT2D eigenvalue weighted by Gasteiger charge is -2.09. The zero-order valence-electron chi connectivity index (χ0n) is 14.2. The van der Waals surface area contributed by atoms with Crippen molar-refractivity contribution in [3.63, 3.8) is 0 Å². The summed E-state index contributed by atoms with van der Waals surface area (Å²) < 4.78 is 10.5. The molecular weight excluding hydrogens is 350 g/mol. The SMILES string of the molecule is COC(=O)c1ccc(CNc2ccc(Oc3ccc(Cl)cc3)cc2)cc1. The van der Waals surface area contributed by atoms with Crippen LogP contribution in [0.2, 0.25) is 5.02 Å². The third-order valence-corrected chi connectivity index (χ3v) is 4.03. The molecule has 0 bridgehead atoms. The molecule has 0 atom stereocenters. The number of carbonyl (C=O) groups is 1. The normalized spacial score (nSPS) is 10.2. The number of carbonyl (C=O) groups excluding carboxylic acids is 1. The van der Waals surface area contributed by atoms with E-state index in [0.29, 0.717) is 17.1 Å². The molecule has 4 nitrogen and oxygen atoms in total. The van der Waals surface area contributed by atoms with Crippen LogP contribution in [0, 0.1) is 0 Å². The molecule has 0 radical (unpaired) electrons. The van der Waals surface area contributed by atoms with Crippen molar-refractivity contribution in [1.29, 1.82) is 0 Å². The highest BCUT2D eigenvalue weighted by molar-refractivity contribution is 6.30. The molecule has 0 aromatic heterocycles. The lowest BCUT2D eigenvalue weighted by molar-refractivity contribution is 0.0600. The Morgan fingerprint density at radius 2 is 1.46 bits per heavy atom. The van der Waals surface area contributed by atoms with Crippen molar-refractivity contribution in [2.75, 3.05) is 12.4 Å². The van der Waals surface area contributed by atoms with E-state index in [4.69, 9.17) is 21.1 Å². The molecule has 5 heteroatoms. The smallest absolute Gasteiger partial charge is 0.337 e. The topological polar surface area (TPSA) is 47.6 Å². The van der Waals surface area contributed by atoms with Gasteiger partial charge in [0.05, 0.1) is 12.7 Å². The molecule has 26 heavy (non-hydrogen) atoms. The predicted octanol–water partition coefficient (Wildman–Crippen LogP) is 5.53. The fourth-order valence-electron chi connectivity index (χ4n) is 2.36. The summed E-state index contributed by atoms with van der Waals surface area (Å²) in [6.07, 6.45) is 0. The van der Waals surface area contributed by atoms with Gasteiger partial charge in [-0.3, -0.25) is 0 Å². The highest BCUT2D eigenvalue weighted by atomic mass is 35.5. The number of nitrogens with one attached hydrogen (secondary N) is 1. The average Bonchev–Trinajstić information content (AvgIpc) is 2.69. The second-order valence-corrected chi connectivity index (χ2v) is 6.06. The van der Waals surface area contributed by atoms with Gasteiger partial charge in [-0.05, 0) is 66.2 Å². The van der Waals surface area contributed by atoms with Crippen molar-refractivity contribution in [2.45, 2.75) is 6.54 Å². The fraction of sp³-hybridized carbons (Fsp3) is 0.0952. The van der Waals surface area contributed by atoms with Gasteiger partial charge in [0.15, 0.2) is 0 Å². The maximum Gasteiger partial charge on any atom is 0.337 e. The van der Waals surface area contributed by atoms with Gasteiger partial charge >= 0.3 is 5.97 Å². The van der Waals surface area contributed by atoms with Crippen molar-refractivity contribution >= 4 is 23.3 Å². The summed E-state index contributed by atoms with van der Waals surface area (Å²) in [5.74, 6) is 1.15. The van der Waals surface area contributed by atoms with E-state index in [-0.39, 0.29) is 5.97 Å². The number of anilines is 1. The summed E-state index contributed by atoms with van der Waals surface area (Å²) in [5, 5.41) is 4.01. The quantitative estimate of drug-likeness (QED) is 0.582. The highest BCUT2D eigenvalue weighted by Crippen LogP contribution is 2.24. The molecule has 0 fully saturated rings. The first kappa shape index (κ1) is 17.8. The Hall–Kier alpha value is -2.98. The van der Waals surface area contributed by atoms with E-state index < -0.39 is 0 Å². The van der Waals surface area contributed by atoms with E-state index in [1.54, 1.807) is 24.3 Å². The van der Waals surface area contributed by atoms with E-state index in [1.165, 1.54) is 7.11 Å². The highest BCUT2D eigenvalue weighted by Gasteiger charge is 2.04. The fourth-order valence-corrected chi connectivity index (χ4v) is 2.49. The first-order valence-electron chi connectivity index (χ1n) is 8.08. The number of methoxy groups -OCH3 is 1. The molecule has 0 aliphatic carbocycles. The minimum Gasteiger partial charge on any atom is -0.465 e. The average molecular weight is 368 g/mol. The summed E-state index contributed by atoms with van der Waals surface area (Å²) in [6, 6.07) is 22.2. The van der Waals surface area contributed by atoms with E-state index in [9.17, 15) is 4.79 Å². The molecule has 0 aliphatic heterocycles. The van der Waals surface area contributed by atoms with Gasteiger partial charge in [-0.1, -0.05) is 23.7 Å². The molecule has 3 aromatic rings. The van der Waals surface area contributed by atoms with E-state index >= 15 is 0 Å². The molecule has 132 valence electrons. The van der Waals surface area contributed by atoms with Gasteiger partial charge in [0, 0.05) is 17.3 Å². The van der Waals surface area contributed by atoms with Crippen LogP contribution >= 0.6 is 11.6 Å². The number of halogens is 1. The van der Waals surface area contributed by atoms with E-state index in [2.05, 4.69) is 5.32 Å². The van der Waals surface area contributed by atoms with Crippen molar-refractivity contribution in [3.05, 3.63) is 88.9 Å². The number of rotatable bonds is 6. The van der Waals surface area contributed by atoms with Crippen molar-refractivity contribution < 1.29 is 14.3 Å². The largest absolute Gasteiger partial charge is 0.465 e. The van der Waals surface area contributed by atoms with Gasteiger partial charge in [0.2, 0.25) is 0 Å². The number of hydrogen-bond donors (Lipinski definition) is 1. The van der Waals surface area contributed by atoms with Gasteiger partial charge < -0.3 is 14.8 Å². The molecule has 0 heterocycles. The van der Waals surface area contributed by atoms with Crippen LogP contribution in [0.1, 0.15) is 15.9 Å². The van der Waals surface area contributed by atoms with Gasteiger partial charge in [-0.2, -0.15) is 0 Å². The summed E-state index contributed by atoms with van der Waals surface area (Å²) in [6.45, 7) is 0.652. The second-order valence-electron chi connectivity index (χ2n) is 5.62. The molecule has 0 amide bonds. The number of esters is 1. The molecule has 1 N–H and O–H groups in total.